The second kappa shape index (κ2) is 7.13. The van der Waals surface area contributed by atoms with Gasteiger partial charge in [0.15, 0.2) is 0 Å². The minimum absolute atomic E-state index is 0.0398. The number of carbonyl (C=O) groups excluding carboxylic acids is 1. The first-order chi connectivity index (χ1) is 14.1. The monoisotopic (exact) mass is 493 g/mol. The summed E-state index contributed by atoms with van der Waals surface area (Å²) in [6, 6.07) is 5.24. The Kier molecular flexibility index (Phi) is 5.68. The van der Waals surface area contributed by atoms with E-state index in [9.17, 15) is 61.9 Å². The molecule has 0 saturated heterocycles. The summed E-state index contributed by atoms with van der Waals surface area (Å²) in [4.78, 5) is 15.0. The molecule has 2 rings (SSSR count). The Labute approximate surface area is 168 Å². The van der Waals surface area contributed by atoms with Crippen LogP contribution >= 0.6 is 0 Å². The molecule has 1 N–H and O–H groups in total. The Bertz CT molecular complexity index is 1030. The third-order valence-electron chi connectivity index (χ3n) is 4.23. The quantitative estimate of drug-likeness (QED) is 0.559. The second-order valence-corrected chi connectivity index (χ2v) is 6.31. The SMILES string of the molecule is Cn1c(NC(=O)C(F)(F)C(F)(F)C(F)(F)C(F)(F)C(F)(F)C(F)(F)F)nc2ccccc21. The number of carbonyl (C=O) groups is 1. The number of alkyl halides is 13. The molecule has 17 heteroatoms. The van der Waals surface area contributed by atoms with Gasteiger partial charge >= 0.3 is 41.7 Å². The minimum Gasteiger partial charge on any atom is -0.313 e. The van der Waals surface area contributed by atoms with E-state index in [1.165, 1.54) is 24.3 Å². The molecule has 0 aliphatic heterocycles. The molecule has 0 unspecified atom stereocenters. The lowest BCUT2D eigenvalue weighted by molar-refractivity contribution is -0.435. The van der Waals surface area contributed by atoms with Gasteiger partial charge < -0.3 is 4.57 Å². The Morgan fingerprint density at radius 1 is 0.781 bits per heavy atom. The van der Waals surface area contributed by atoms with Gasteiger partial charge in [0, 0.05) is 7.05 Å². The molecule has 2 aromatic rings. The van der Waals surface area contributed by atoms with Gasteiger partial charge in [-0.3, -0.25) is 10.1 Å². The van der Waals surface area contributed by atoms with Crippen molar-refractivity contribution in [2.75, 3.05) is 5.32 Å². The zero-order valence-electron chi connectivity index (χ0n) is 15.0. The molecule has 0 radical (unpaired) electrons. The highest BCUT2D eigenvalue weighted by Crippen LogP contribution is 2.60. The van der Waals surface area contributed by atoms with Gasteiger partial charge in [0.1, 0.15) is 0 Å². The van der Waals surface area contributed by atoms with E-state index < -0.39 is 47.6 Å². The first-order valence-electron chi connectivity index (χ1n) is 7.83. The van der Waals surface area contributed by atoms with E-state index in [1.807, 2.05) is 0 Å². The molecule has 0 bridgehead atoms. The number of anilines is 1. The van der Waals surface area contributed by atoms with Crippen molar-refractivity contribution in [3.8, 4) is 0 Å². The van der Waals surface area contributed by atoms with E-state index in [1.54, 1.807) is 0 Å². The van der Waals surface area contributed by atoms with Crippen molar-refractivity contribution in [2.45, 2.75) is 35.8 Å². The summed E-state index contributed by atoms with van der Waals surface area (Å²) in [6.07, 6.45) is -7.53. The molecule has 1 heterocycles. The third-order valence-corrected chi connectivity index (χ3v) is 4.23. The van der Waals surface area contributed by atoms with Gasteiger partial charge in [-0.05, 0) is 12.1 Å². The number of fused-ring (bicyclic) bond motifs is 1. The summed E-state index contributed by atoms with van der Waals surface area (Å²) in [7, 11) is 1.02. The highest BCUT2D eigenvalue weighted by Gasteiger charge is 2.91. The zero-order chi connectivity index (χ0) is 25.1. The molecule has 0 spiro atoms. The number of nitrogens with zero attached hydrogens (tertiary/aromatic N) is 2. The molecular formula is C15H8F13N3O. The van der Waals surface area contributed by atoms with Crippen LogP contribution in [0.15, 0.2) is 24.3 Å². The summed E-state index contributed by atoms with van der Waals surface area (Å²) in [5.41, 5.74) is 0.0432. The number of imidazole rings is 1. The highest BCUT2D eigenvalue weighted by molar-refractivity contribution is 5.97. The standard InChI is InChI=1S/C15H8F13N3O/c1-31-7-5-3-2-4-6(7)29-9(31)30-8(32)10(16,17)11(18,19)12(20,21)13(22,23)14(24,25)15(26,27)28/h2-5H,1H3,(H,29,30,32). The number of para-hydroxylation sites is 2. The molecule has 0 aliphatic rings. The van der Waals surface area contributed by atoms with Crippen molar-refractivity contribution < 1.29 is 61.9 Å². The lowest BCUT2D eigenvalue weighted by Crippen LogP contribution is -2.71. The summed E-state index contributed by atoms with van der Waals surface area (Å²) >= 11 is 0. The van der Waals surface area contributed by atoms with Crippen LogP contribution in [0.25, 0.3) is 11.0 Å². The normalized spacial score (nSPS) is 14.7. The van der Waals surface area contributed by atoms with Crippen LogP contribution in [0.3, 0.4) is 0 Å². The van der Waals surface area contributed by atoms with Crippen LogP contribution in [0.4, 0.5) is 63.0 Å². The van der Waals surface area contributed by atoms with E-state index in [4.69, 9.17) is 0 Å². The van der Waals surface area contributed by atoms with Crippen molar-refractivity contribution in [2.24, 2.45) is 7.05 Å². The van der Waals surface area contributed by atoms with Gasteiger partial charge in [-0.15, -0.1) is 0 Å². The summed E-state index contributed by atoms with van der Waals surface area (Å²) in [5, 5.41) is 0.934. The van der Waals surface area contributed by atoms with Crippen molar-refractivity contribution in [1.29, 1.82) is 0 Å². The molecule has 1 aromatic carbocycles. The molecule has 0 aliphatic carbocycles. The molecule has 0 fully saturated rings. The average Bonchev–Trinajstić information content (AvgIpc) is 2.96. The zero-order valence-corrected chi connectivity index (χ0v) is 15.0. The molecular weight excluding hydrogens is 485 g/mol. The maximum atomic E-state index is 13.8. The average molecular weight is 493 g/mol. The van der Waals surface area contributed by atoms with Crippen molar-refractivity contribution in [1.82, 2.24) is 9.55 Å². The van der Waals surface area contributed by atoms with Crippen molar-refractivity contribution >= 4 is 22.9 Å². The van der Waals surface area contributed by atoms with Crippen LogP contribution in [0.1, 0.15) is 0 Å². The number of rotatable bonds is 6. The van der Waals surface area contributed by atoms with Gasteiger partial charge in [0.05, 0.1) is 11.0 Å². The van der Waals surface area contributed by atoms with Gasteiger partial charge in [0.25, 0.3) is 0 Å². The first kappa shape index (κ1) is 25.5. The number of halogens is 13. The van der Waals surface area contributed by atoms with Crippen LogP contribution in [0.5, 0.6) is 0 Å². The predicted molar refractivity (Wildman–Crippen MR) is 80.1 cm³/mol. The lowest BCUT2D eigenvalue weighted by atomic mass is 9.93. The van der Waals surface area contributed by atoms with E-state index in [2.05, 4.69) is 4.98 Å². The molecule has 1 amide bonds. The summed E-state index contributed by atoms with van der Waals surface area (Å²) < 4.78 is 171. The second-order valence-electron chi connectivity index (χ2n) is 6.31. The Morgan fingerprint density at radius 2 is 1.25 bits per heavy atom. The topological polar surface area (TPSA) is 46.9 Å². The maximum Gasteiger partial charge on any atom is 0.460 e. The van der Waals surface area contributed by atoms with Gasteiger partial charge in [0.2, 0.25) is 5.95 Å². The van der Waals surface area contributed by atoms with E-state index >= 15 is 0 Å². The van der Waals surface area contributed by atoms with Gasteiger partial charge in [-0.2, -0.15) is 57.1 Å². The van der Waals surface area contributed by atoms with Crippen molar-refractivity contribution in [3.63, 3.8) is 0 Å². The first-order valence-corrected chi connectivity index (χ1v) is 7.83. The fourth-order valence-corrected chi connectivity index (χ4v) is 2.35. The van der Waals surface area contributed by atoms with Crippen LogP contribution in [0, 0.1) is 0 Å². The summed E-state index contributed by atoms with van der Waals surface area (Å²) in [5.74, 6) is -43.0. The number of nitrogens with one attached hydrogen (secondary N) is 1. The molecule has 180 valence electrons. The number of hydrogen-bond donors (Lipinski definition) is 1. The maximum absolute atomic E-state index is 13.8. The Morgan fingerprint density at radius 3 is 1.72 bits per heavy atom. The minimum atomic E-state index is -8.08. The molecule has 0 atom stereocenters. The predicted octanol–water partition coefficient (Wildman–Crippen LogP) is 5.25. The van der Waals surface area contributed by atoms with Crippen LogP contribution in [0.2, 0.25) is 0 Å². The van der Waals surface area contributed by atoms with Gasteiger partial charge in [-0.1, -0.05) is 12.1 Å². The van der Waals surface area contributed by atoms with Crippen molar-refractivity contribution in [3.05, 3.63) is 24.3 Å². The third kappa shape index (κ3) is 3.32. The molecule has 4 nitrogen and oxygen atoms in total. The van der Waals surface area contributed by atoms with E-state index in [0.29, 0.717) is 0 Å². The highest BCUT2D eigenvalue weighted by atomic mass is 19.4. The van der Waals surface area contributed by atoms with E-state index in [-0.39, 0.29) is 11.0 Å². The number of benzene rings is 1. The fourth-order valence-electron chi connectivity index (χ4n) is 2.35. The number of aromatic nitrogens is 2. The van der Waals surface area contributed by atoms with E-state index in [0.717, 1.165) is 16.9 Å². The van der Waals surface area contributed by atoms with Crippen LogP contribution in [-0.4, -0.2) is 51.2 Å². The largest absolute Gasteiger partial charge is 0.460 e. The molecule has 0 saturated carbocycles. The number of amides is 1. The summed E-state index contributed by atoms with van der Waals surface area (Å²) in [6.45, 7) is 0. The Balaban J connectivity index is 2.47. The Hall–Kier alpha value is -2.75. The molecule has 32 heavy (non-hydrogen) atoms. The fraction of sp³-hybridized carbons (Fsp3) is 0.467. The lowest BCUT2D eigenvalue weighted by Gasteiger charge is -2.39. The smallest absolute Gasteiger partial charge is 0.313 e. The van der Waals surface area contributed by atoms with Gasteiger partial charge in [-0.25, -0.2) is 4.98 Å². The number of aryl methyl sites for hydroxylation is 1. The number of hydrogen-bond acceptors (Lipinski definition) is 2. The van der Waals surface area contributed by atoms with Crippen LogP contribution < -0.4 is 5.32 Å². The van der Waals surface area contributed by atoms with Crippen LogP contribution in [-0.2, 0) is 11.8 Å². The molecule has 1 aromatic heterocycles.